The quantitative estimate of drug-likeness (QED) is 0.824. The summed E-state index contributed by atoms with van der Waals surface area (Å²) in [6.07, 6.45) is 1.46. The topological polar surface area (TPSA) is 73.6 Å². The first-order valence-corrected chi connectivity index (χ1v) is 8.18. The van der Waals surface area contributed by atoms with Gasteiger partial charge in [-0.1, -0.05) is 5.16 Å². The summed E-state index contributed by atoms with van der Waals surface area (Å²) in [6, 6.07) is 7.18. The van der Waals surface area contributed by atoms with Gasteiger partial charge in [0.15, 0.2) is 5.76 Å². The number of hydrogen-bond donors (Lipinski definition) is 1. The van der Waals surface area contributed by atoms with Crippen LogP contribution in [0.2, 0.25) is 0 Å². The third-order valence-corrected chi connectivity index (χ3v) is 3.30. The van der Waals surface area contributed by atoms with E-state index in [4.69, 9.17) is 14.0 Å². The lowest BCUT2D eigenvalue weighted by Crippen LogP contribution is -2.34. The Labute approximate surface area is 152 Å². The van der Waals surface area contributed by atoms with Crippen LogP contribution >= 0.6 is 0 Å². The molecule has 0 aliphatic rings. The lowest BCUT2D eigenvalue weighted by molar-refractivity contribution is 0.0531. The lowest BCUT2D eigenvalue weighted by atomic mass is 10.1. The third-order valence-electron chi connectivity index (χ3n) is 3.30. The zero-order valence-electron chi connectivity index (χ0n) is 15.3. The van der Waals surface area contributed by atoms with E-state index in [9.17, 15) is 9.18 Å². The molecule has 1 amide bonds. The first kappa shape index (κ1) is 19.5. The van der Waals surface area contributed by atoms with Crippen molar-refractivity contribution in [2.45, 2.75) is 33.3 Å². The predicted molar refractivity (Wildman–Crippen MR) is 95.6 cm³/mol. The molecule has 0 radical (unpaired) electrons. The number of benzene rings is 1. The van der Waals surface area contributed by atoms with Crippen LogP contribution in [0.4, 0.5) is 9.18 Å². The molecule has 0 atom stereocenters. The van der Waals surface area contributed by atoms with Gasteiger partial charge in [0.05, 0.1) is 12.5 Å². The highest BCUT2D eigenvalue weighted by Crippen LogP contribution is 2.25. The fourth-order valence-electron chi connectivity index (χ4n) is 2.07. The number of carbonyl (C=O) groups excluding carboxylic acids is 1. The Morgan fingerprint density at radius 2 is 2.00 bits per heavy atom. The van der Waals surface area contributed by atoms with Gasteiger partial charge in [0.2, 0.25) is 0 Å². The lowest BCUT2D eigenvalue weighted by Gasteiger charge is -2.20. The molecular weight excluding hydrogens is 339 g/mol. The molecule has 7 heteroatoms. The van der Waals surface area contributed by atoms with Crippen LogP contribution < -0.4 is 10.1 Å². The average molecular weight is 362 g/mol. The van der Waals surface area contributed by atoms with E-state index in [0.717, 1.165) is 11.1 Å². The van der Waals surface area contributed by atoms with Crippen molar-refractivity contribution in [1.29, 1.82) is 0 Å². The van der Waals surface area contributed by atoms with Crippen molar-refractivity contribution in [3.63, 3.8) is 0 Å². The largest absolute Gasteiger partial charge is 0.489 e. The summed E-state index contributed by atoms with van der Waals surface area (Å²) in [6.45, 7) is 7.18. The number of aromatic nitrogens is 1. The molecule has 0 unspecified atom stereocenters. The van der Waals surface area contributed by atoms with E-state index in [-0.39, 0.29) is 18.7 Å². The van der Waals surface area contributed by atoms with Crippen molar-refractivity contribution in [1.82, 2.24) is 10.5 Å². The molecule has 2 rings (SSSR count). The molecule has 0 fully saturated rings. The van der Waals surface area contributed by atoms with Gasteiger partial charge in [-0.15, -0.1) is 0 Å². The highest BCUT2D eigenvalue weighted by Gasteiger charge is 2.16. The summed E-state index contributed by atoms with van der Waals surface area (Å²) < 4.78 is 28.8. The van der Waals surface area contributed by atoms with E-state index >= 15 is 0 Å². The number of hydrogen-bond acceptors (Lipinski definition) is 5. The Morgan fingerprint density at radius 1 is 1.31 bits per heavy atom. The first-order chi connectivity index (χ1) is 12.3. The molecule has 0 aliphatic carbocycles. The summed E-state index contributed by atoms with van der Waals surface area (Å²) in [7, 11) is 0. The highest BCUT2D eigenvalue weighted by atomic mass is 19.1. The summed E-state index contributed by atoms with van der Waals surface area (Å²) >= 11 is 0. The maximum absolute atomic E-state index is 13.0. The maximum atomic E-state index is 13.0. The van der Waals surface area contributed by atoms with Crippen LogP contribution in [0.5, 0.6) is 5.75 Å². The molecule has 2 aromatic rings. The zero-order valence-corrected chi connectivity index (χ0v) is 15.3. The number of alkyl carbamates (subject to hydrolysis) is 1. The van der Waals surface area contributed by atoms with Crippen molar-refractivity contribution in [3.05, 3.63) is 47.9 Å². The third kappa shape index (κ3) is 5.91. The fourth-order valence-corrected chi connectivity index (χ4v) is 2.07. The molecular formula is C19H23FN2O4. The molecule has 140 valence electrons. The van der Waals surface area contributed by atoms with E-state index in [1.165, 1.54) is 0 Å². The van der Waals surface area contributed by atoms with Crippen LogP contribution in [0.3, 0.4) is 0 Å². The number of aryl methyl sites for hydroxylation is 1. The summed E-state index contributed by atoms with van der Waals surface area (Å²) in [5.41, 5.74) is 1.49. The molecule has 26 heavy (non-hydrogen) atoms. The molecule has 6 nitrogen and oxygen atoms in total. The van der Waals surface area contributed by atoms with Crippen LogP contribution in [-0.2, 0) is 4.74 Å². The Balaban J connectivity index is 1.85. The van der Waals surface area contributed by atoms with E-state index in [1.807, 2.05) is 19.1 Å². The Bertz CT molecular complexity index is 761. The monoisotopic (exact) mass is 362 g/mol. The van der Waals surface area contributed by atoms with Crippen LogP contribution in [-0.4, -0.2) is 30.0 Å². The number of nitrogens with zero attached hydrogens (tertiary/aromatic N) is 1. The smallest absolute Gasteiger partial charge is 0.407 e. The minimum absolute atomic E-state index is 0.000750. The number of ether oxygens (including phenoxy) is 2. The van der Waals surface area contributed by atoms with Crippen LogP contribution in [0, 0.1) is 6.92 Å². The number of carbonyl (C=O) groups is 1. The van der Waals surface area contributed by atoms with Gasteiger partial charge in [0.1, 0.15) is 18.0 Å². The SMILES string of the molecule is Cc1cnoc1-c1ccc(OC/C(=C/F)CNC(=O)OC(C)(C)C)cc1. The van der Waals surface area contributed by atoms with Gasteiger partial charge in [-0.25, -0.2) is 9.18 Å². The summed E-state index contributed by atoms with van der Waals surface area (Å²) in [4.78, 5) is 11.6. The second kappa shape index (κ2) is 8.51. The van der Waals surface area contributed by atoms with Crippen molar-refractivity contribution in [2.24, 2.45) is 0 Å². The molecule has 0 saturated heterocycles. The fraction of sp³-hybridized carbons (Fsp3) is 0.368. The second-order valence-electron chi connectivity index (χ2n) is 6.77. The second-order valence-corrected chi connectivity index (χ2v) is 6.77. The minimum Gasteiger partial charge on any atom is -0.489 e. The van der Waals surface area contributed by atoms with Gasteiger partial charge in [-0.05, 0) is 52.0 Å². The molecule has 1 N–H and O–H groups in total. The Hall–Kier alpha value is -2.83. The summed E-state index contributed by atoms with van der Waals surface area (Å²) in [5, 5.41) is 6.24. The van der Waals surface area contributed by atoms with E-state index in [1.54, 1.807) is 39.1 Å². The first-order valence-electron chi connectivity index (χ1n) is 8.18. The van der Waals surface area contributed by atoms with Crippen molar-refractivity contribution in [2.75, 3.05) is 13.2 Å². The van der Waals surface area contributed by atoms with Crippen molar-refractivity contribution < 1.29 is 23.2 Å². The van der Waals surface area contributed by atoms with Crippen LogP contribution in [0.1, 0.15) is 26.3 Å². The number of nitrogens with one attached hydrogen (secondary N) is 1. The van der Waals surface area contributed by atoms with Gasteiger partial charge in [-0.3, -0.25) is 0 Å². The molecule has 0 bridgehead atoms. The van der Waals surface area contributed by atoms with Gasteiger partial charge in [0, 0.05) is 23.2 Å². The minimum atomic E-state index is -0.608. The Kier molecular flexibility index (Phi) is 6.38. The Morgan fingerprint density at radius 3 is 2.54 bits per heavy atom. The van der Waals surface area contributed by atoms with Crippen molar-refractivity contribution >= 4 is 6.09 Å². The highest BCUT2D eigenvalue weighted by molar-refractivity contribution is 5.68. The van der Waals surface area contributed by atoms with Crippen molar-refractivity contribution in [3.8, 4) is 17.1 Å². The molecule has 0 aliphatic heterocycles. The number of halogens is 1. The maximum Gasteiger partial charge on any atom is 0.407 e. The number of rotatable bonds is 6. The zero-order chi connectivity index (χ0) is 19.2. The van der Waals surface area contributed by atoms with E-state index in [0.29, 0.717) is 17.8 Å². The van der Waals surface area contributed by atoms with Crippen LogP contribution in [0.15, 0.2) is 46.9 Å². The van der Waals surface area contributed by atoms with Gasteiger partial charge >= 0.3 is 6.09 Å². The van der Waals surface area contributed by atoms with E-state index in [2.05, 4.69) is 10.5 Å². The summed E-state index contributed by atoms with van der Waals surface area (Å²) in [5.74, 6) is 1.27. The van der Waals surface area contributed by atoms with Crippen LogP contribution in [0.25, 0.3) is 11.3 Å². The molecule has 1 heterocycles. The molecule has 1 aromatic carbocycles. The normalized spacial score (nSPS) is 12.0. The molecule has 0 spiro atoms. The van der Waals surface area contributed by atoms with Gasteiger partial charge in [-0.2, -0.15) is 0 Å². The van der Waals surface area contributed by atoms with Gasteiger partial charge in [0.25, 0.3) is 0 Å². The predicted octanol–water partition coefficient (Wildman–Crippen LogP) is 4.41. The average Bonchev–Trinajstić information content (AvgIpc) is 3.00. The number of amides is 1. The van der Waals surface area contributed by atoms with Gasteiger partial charge < -0.3 is 19.3 Å². The standard InChI is InChI=1S/C19H23FN2O4/c1-13-10-22-26-17(13)15-5-7-16(8-6-15)24-12-14(9-20)11-21-18(23)25-19(2,3)4/h5-10H,11-12H2,1-4H3,(H,21,23)/b14-9+. The molecule has 1 aromatic heterocycles. The molecule has 0 saturated carbocycles. The van der Waals surface area contributed by atoms with E-state index < -0.39 is 11.7 Å².